The second-order valence-corrected chi connectivity index (χ2v) is 6.21. The number of nitrogens with zero attached hydrogens (tertiary/aromatic N) is 4. The highest BCUT2D eigenvalue weighted by molar-refractivity contribution is 6.29. The van der Waals surface area contributed by atoms with Crippen LogP contribution in [0.5, 0.6) is 0 Å². The van der Waals surface area contributed by atoms with Crippen LogP contribution in [-0.4, -0.2) is 39.2 Å². The Morgan fingerprint density at radius 1 is 1.32 bits per heavy atom. The number of nitriles is 1. The molecule has 0 atom stereocenters. The molecule has 1 saturated heterocycles. The van der Waals surface area contributed by atoms with Gasteiger partial charge in [0.05, 0.1) is 11.6 Å². The number of rotatable bonds is 3. The summed E-state index contributed by atoms with van der Waals surface area (Å²) in [6, 6.07) is 9.03. The minimum atomic E-state index is -0.878. The monoisotopic (exact) mass is 357 g/mol. The number of carboxylic acid groups (broad SMARTS) is 1. The lowest BCUT2D eigenvalue weighted by atomic mass is 9.90. The lowest BCUT2D eigenvalue weighted by molar-refractivity contribution is 0.132. The lowest BCUT2D eigenvalue weighted by Gasteiger charge is -2.30. The lowest BCUT2D eigenvalue weighted by Crippen LogP contribution is -2.36. The molecule has 3 heterocycles. The van der Waals surface area contributed by atoms with E-state index in [0.717, 1.165) is 18.4 Å². The van der Waals surface area contributed by atoms with E-state index in [0.29, 0.717) is 35.4 Å². The van der Waals surface area contributed by atoms with Gasteiger partial charge in [-0.15, -0.1) is 0 Å². The van der Waals surface area contributed by atoms with Crippen LogP contribution in [0.3, 0.4) is 0 Å². The molecule has 2 aromatic heterocycles. The highest BCUT2D eigenvalue weighted by Gasteiger charge is 2.24. The number of likely N-dealkylation sites (tertiary alicyclic amines) is 1. The average molecular weight is 358 g/mol. The zero-order chi connectivity index (χ0) is 17.8. The largest absolute Gasteiger partial charge is 0.465 e. The van der Waals surface area contributed by atoms with E-state index in [1.54, 1.807) is 18.3 Å². The van der Waals surface area contributed by atoms with Crippen LogP contribution in [0.4, 0.5) is 16.4 Å². The number of halogens is 1. The Balaban J connectivity index is 1.77. The third-order valence-corrected chi connectivity index (χ3v) is 4.39. The van der Waals surface area contributed by atoms with Crippen molar-refractivity contribution in [2.24, 2.45) is 0 Å². The Labute approximate surface area is 149 Å². The van der Waals surface area contributed by atoms with E-state index in [1.165, 1.54) is 4.90 Å². The summed E-state index contributed by atoms with van der Waals surface area (Å²) >= 11 is 6.14. The number of hydrogen-bond donors (Lipinski definition) is 2. The summed E-state index contributed by atoms with van der Waals surface area (Å²) in [6.07, 6.45) is 2.16. The van der Waals surface area contributed by atoms with Gasteiger partial charge in [-0.25, -0.2) is 14.8 Å². The number of piperidine rings is 1. The number of amides is 1. The highest BCUT2D eigenvalue weighted by Crippen LogP contribution is 2.31. The van der Waals surface area contributed by atoms with Crippen LogP contribution in [-0.2, 0) is 0 Å². The quantitative estimate of drug-likeness (QED) is 0.813. The maximum absolute atomic E-state index is 11.0. The SMILES string of the molecule is N#Cc1ccnc(Nc2cc(C3CCN(C(=O)O)CC3)cc(Cl)n2)c1. The molecule has 2 aromatic rings. The molecule has 128 valence electrons. The van der Waals surface area contributed by atoms with Crippen molar-refractivity contribution in [2.45, 2.75) is 18.8 Å². The van der Waals surface area contributed by atoms with Crippen molar-refractivity contribution >= 4 is 29.3 Å². The molecule has 0 unspecified atom stereocenters. The summed E-state index contributed by atoms with van der Waals surface area (Å²) in [7, 11) is 0. The fraction of sp³-hybridized carbons (Fsp3) is 0.294. The van der Waals surface area contributed by atoms with Crippen molar-refractivity contribution in [3.8, 4) is 6.07 Å². The summed E-state index contributed by atoms with van der Waals surface area (Å²) in [5.41, 5.74) is 1.52. The van der Waals surface area contributed by atoms with Crippen molar-refractivity contribution in [3.63, 3.8) is 0 Å². The van der Waals surface area contributed by atoms with E-state index in [1.807, 2.05) is 12.1 Å². The predicted octanol–water partition coefficient (Wildman–Crippen LogP) is 3.60. The third-order valence-electron chi connectivity index (χ3n) is 4.20. The van der Waals surface area contributed by atoms with E-state index < -0.39 is 6.09 Å². The summed E-state index contributed by atoms with van der Waals surface area (Å²) in [6.45, 7) is 1.02. The van der Waals surface area contributed by atoms with Gasteiger partial charge in [-0.2, -0.15) is 5.26 Å². The van der Waals surface area contributed by atoms with Crippen LogP contribution in [0.25, 0.3) is 0 Å². The van der Waals surface area contributed by atoms with Crippen LogP contribution in [0, 0.1) is 11.3 Å². The van der Waals surface area contributed by atoms with Gasteiger partial charge in [0.15, 0.2) is 0 Å². The molecule has 1 aliphatic rings. The van der Waals surface area contributed by atoms with E-state index in [9.17, 15) is 4.79 Å². The van der Waals surface area contributed by atoms with Gasteiger partial charge < -0.3 is 15.3 Å². The molecule has 8 heteroatoms. The van der Waals surface area contributed by atoms with Crippen molar-refractivity contribution in [3.05, 3.63) is 46.7 Å². The Kier molecular flexibility index (Phi) is 5.00. The zero-order valence-corrected chi connectivity index (χ0v) is 14.1. The number of hydrogen-bond acceptors (Lipinski definition) is 5. The van der Waals surface area contributed by atoms with E-state index in [-0.39, 0.29) is 5.92 Å². The Morgan fingerprint density at radius 3 is 2.76 bits per heavy atom. The first-order chi connectivity index (χ1) is 12.0. The predicted molar refractivity (Wildman–Crippen MR) is 93.1 cm³/mol. The molecule has 0 aliphatic carbocycles. The normalized spacial score (nSPS) is 14.8. The topological polar surface area (TPSA) is 102 Å². The smallest absolute Gasteiger partial charge is 0.407 e. The van der Waals surface area contributed by atoms with Gasteiger partial charge >= 0.3 is 6.09 Å². The van der Waals surface area contributed by atoms with Crippen molar-refractivity contribution in [1.82, 2.24) is 14.9 Å². The fourth-order valence-electron chi connectivity index (χ4n) is 2.92. The molecular formula is C17H16ClN5O2. The second kappa shape index (κ2) is 7.36. The van der Waals surface area contributed by atoms with E-state index >= 15 is 0 Å². The van der Waals surface area contributed by atoms with Gasteiger partial charge in [0, 0.05) is 19.3 Å². The molecule has 0 spiro atoms. The Morgan fingerprint density at radius 2 is 2.08 bits per heavy atom. The molecule has 25 heavy (non-hydrogen) atoms. The highest BCUT2D eigenvalue weighted by atomic mass is 35.5. The second-order valence-electron chi connectivity index (χ2n) is 5.82. The molecule has 7 nitrogen and oxygen atoms in total. The van der Waals surface area contributed by atoms with Gasteiger partial charge in [0.1, 0.15) is 16.8 Å². The molecule has 1 aliphatic heterocycles. The molecule has 0 saturated carbocycles. The molecule has 0 aromatic carbocycles. The van der Waals surface area contributed by atoms with Crippen LogP contribution >= 0.6 is 11.6 Å². The number of carbonyl (C=O) groups is 1. The van der Waals surface area contributed by atoms with Crippen LogP contribution < -0.4 is 5.32 Å². The van der Waals surface area contributed by atoms with Crippen molar-refractivity contribution < 1.29 is 9.90 Å². The first-order valence-corrected chi connectivity index (χ1v) is 8.21. The van der Waals surface area contributed by atoms with Gasteiger partial charge in [-0.05, 0) is 48.6 Å². The Bertz CT molecular complexity index is 828. The third kappa shape index (κ3) is 4.17. The number of aromatic nitrogens is 2. The molecular weight excluding hydrogens is 342 g/mol. The van der Waals surface area contributed by atoms with Crippen LogP contribution in [0.2, 0.25) is 5.15 Å². The molecule has 2 N–H and O–H groups in total. The Hall–Kier alpha value is -2.85. The first kappa shape index (κ1) is 17.0. The first-order valence-electron chi connectivity index (χ1n) is 7.83. The maximum Gasteiger partial charge on any atom is 0.407 e. The van der Waals surface area contributed by atoms with Crippen LogP contribution in [0.1, 0.15) is 29.9 Å². The van der Waals surface area contributed by atoms with E-state index in [2.05, 4.69) is 21.4 Å². The molecule has 0 bridgehead atoms. The van der Waals surface area contributed by atoms with Crippen LogP contribution in [0.15, 0.2) is 30.5 Å². The van der Waals surface area contributed by atoms with E-state index in [4.69, 9.17) is 22.0 Å². The fourth-order valence-corrected chi connectivity index (χ4v) is 3.14. The summed E-state index contributed by atoms with van der Waals surface area (Å²) < 4.78 is 0. The van der Waals surface area contributed by atoms with Gasteiger partial charge in [0.25, 0.3) is 0 Å². The number of nitrogens with one attached hydrogen (secondary N) is 1. The van der Waals surface area contributed by atoms with Gasteiger partial charge in [-0.1, -0.05) is 11.6 Å². The number of anilines is 2. The standard InChI is InChI=1S/C17H16ClN5O2/c18-14-8-13(12-2-5-23(6-3-12)17(24)25)9-16(21-14)22-15-7-11(10-19)1-4-20-15/h1,4,7-9,12H,2-3,5-6H2,(H,24,25)(H,20,21,22). The van der Waals surface area contributed by atoms with Gasteiger partial charge in [-0.3, -0.25) is 0 Å². The molecule has 3 rings (SSSR count). The van der Waals surface area contributed by atoms with Crippen molar-refractivity contribution in [2.75, 3.05) is 18.4 Å². The molecule has 1 amide bonds. The average Bonchev–Trinajstić information content (AvgIpc) is 2.61. The summed E-state index contributed by atoms with van der Waals surface area (Å²) in [4.78, 5) is 20.9. The zero-order valence-electron chi connectivity index (χ0n) is 13.3. The minimum absolute atomic E-state index is 0.232. The van der Waals surface area contributed by atoms with Crippen molar-refractivity contribution in [1.29, 1.82) is 5.26 Å². The summed E-state index contributed by atoms with van der Waals surface area (Å²) in [5, 5.41) is 21.4. The molecule has 1 fully saturated rings. The van der Waals surface area contributed by atoms with Gasteiger partial charge in [0.2, 0.25) is 0 Å². The summed E-state index contributed by atoms with van der Waals surface area (Å²) in [5.74, 6) is 1.29. The maximum atomic E-state index is 11.0. The minimum Gasteiger partial charge on any atom is -0.465 e. The molecule has 0 radical (unpaired) electrons. The number of pyridine rings is 2.